The monoisotopic (exact) mass is 266 g/mol. The second kappa shape index (κ2) is 4.75. The minimum atomic E-state index is -0.984. The highest BCUT2D eigenvalue weighted by Crippen LogP contribution is 2.55. The summed E-state index contributed by atoms with van der Waals surface area (Å²) in [4.78, 5) is 23.7. The van der Waals surface area contributed by atoms with E-state index in [0.29, 0.717) is 44.3 Å². The lowest BCUT2D eigenvalue weighted by atomic mass is 9.61. The summed E-state index contributed by atoms with van der Waals surface area (Å²) in [5, 5.41) is 10.8. The number of Topliss-reactive ketones (excluding diaryl/α,β-unsaturated/α-hetero) is 1. The van der Waals surface area contributed by atoms with E-state index in [2.05, 4.69) is 6.58 Å². The van der Waals surface area contributed by atoms with E-state index in [0.717, 1.165) is 0 Å². The van der Waals surface area contributed by atoms with Gasteiger partial charge < -0.3 is 9.84 Å². The summed E-state index contributed by atoms with van der Waals surface area (Å²) in [6, 6.07) is 0. The molecule has 4 nitrogen and oxygen atoms in total. The lowest BCUT2D eigenvalue weighted by Gasteiger charge is -2.45. The summed E-state index contributed by atoms with van der Waals surface area (Å²) < 4.78 is 4.96. The molecule has 0 spiro atoms. The summed E-state index contributed by atoms with van der Waals surface area (Å²) in [5.74, 6) is -0.317. The first kappa shape index (κ1) is 14.3. The highest BCUT2D eigenvalue weighted by atomic mass is 16.5. The van der Waals surface area contributed by atoms with Gasteiger partial charge in [0.15, 0.2) is 0 Å². The Bertz CT molecular complexity index is 428. The fourth-order valence-electron chi connectivity index (χ4n) is 3.49. The number of ketones is 1. The minimum absolute atomic E-state index is 0.0805. The Kier molecular flexibility index (Phi) is 3.56. The van der Waals surface area contributed by atoms with Gasteiger partial charge in [-0.2, -0.15) is 0 Å². The van der Waals surface area contributed by atoms with Gasteiger partial charge in [0.1, 0.15) is 5.78 Å². The fraction of sp³-hybridized carbons (Fsp3) is 0.733. The van der Waals surface area contributed by atoms with E-state index in [4.69, 9.17) is 4.74 Å². The first-order valence-electron chi connectivity index (χ1n) is 6.95. The molecule has 0 unspecified atom stereocenters. The van der Waals surface area contributed by atoms with Crippen LogP contribution in [0.3, 0.4) is 0 Å². The van der Waals surface area contributed by atoms with Gasteiger partial charge in [-0.3, -0.25) is 4.79 Å². The number of hydrogen-bond acceptors (Lipinski definition) is 4. The molecule has 2 aliphatic carbocycles. The second-order valence-corrected chi connectivity index (χ2v) is 5.97. The molecule has 0 radical (unpaired) electrons. The number of fused-ring (bicyclic) bond motifs is 1. The lowest BCUT2D eigenvalue weighted by Crippen LogP contribution is -2.50. The van der Waals surface area contributed by atoms with Crippen molar-refractivity contribution < 1.29 is 19.4 Å². The van der Waals surface area contributed by atoms with E-state index >= 15 is 0 Å². The third-order valence-corrected chi connectivity index (χ3v) is 5.02. The number of carbonyl (C=O) groups excluding carboxylic acids is 2. The van der Waals surface area contributed by atoms with Crippen LogP contribution < -0.4 is 0 Å². The molecule has 106 valence electrons. The predicted octanol–water partition coefficient (Wildman–Crippen LogP) is 2.01. The van der Waals surface area contributed by atoms with E-state index < -0.39 is 11.0 Å². The topological polar surface area (TPSA) is 63.6 Å². The largest absolute Gasteiger partial charge is 0.463 e. The van der Waals surface area contributed by atoms with E-state index in [1.165, 1.54) is 0 Å². The number of carbonyl (C=O) groups is 2. The maximum Gasteiger partial charge on any atom is 0.333 e. The molecule has 0 aromatic carbocycles. The van der Waals surface area contributed by atoms with Crippen LogP contribution >= 0.6 is 0 Å². The van der Waals surface area contributed by atoms with Gasteiger partial charge in [0.05, 0.1) is 17.6 Å². The number of aliphatic hydroxyl groups is 1. The Morgan fingerprint density at radius 3 is 2.84 bits per heavy atom. The maximum absolute atomic E-state index is 12.0. The summed E-state index contributed by atoms with van der Waals surface area (Å²) in [7, 11) is 0. The Morgan fingerprint density at radius 1 is 1.53 bits per heavy atom. The zero-order valence-electron chi connectivity index (χ0n) is 11.7. The quantitative estimate of drug-likeness (QED) is 0.627. The molecule has 4 heteroatoms. The van der Waals surface area contributed by atoms with Crippen LogP contribution in [0, 0.1) is 11.3 Å². The van der Waals surface area contributed by atoms with Gasteiger partial charge in [0.2, 0.25) is 0 Å². The van der Waals surface area contributed by atoms with Crippen LogP contribution in [0.1, 0.15) is 46.0 Å². The lowest BCUT2D eigenvalue weighted by molar-refractivity contribution is -0.145. The number of ether oxygens (including phenoxy) is 1. The van der Waals surface area contributed by atoms with Gasteiger partial charge in [0.25, 0.3) is 0 Å². The van der Waals surface area contributed by atoms with Gasteiger partial charge >= 0.3 is 5.97 Å². The van der Waals surface area contributed by atoms with Crippen LogP contribution in [-0.4, -0.2) is 29.1 Å². The average Bonchev–Trinajstić information content (AvgIpc) is 2.61. The predicted molar refractivity (Wildman–Crippen MR) is 70.4 cm³/mol. The van der Waals surface area contributed by atoms with Crippen molar-refractivity contribution in [2.45, 2.75) is 51.6 Å². The van der Waals surface area contributed by atoms with Crippen LogP contribution in [0.5, 0.6) is 0 Å². The van der Waals surface area contributed by atoms with Gasteiger partial charge in [0, 0.05) is 12.0 Å². The highest BCUT2D eigenvalue weighted by Gasteiger charge is 2.59. The van der Waals surface area contributed by atoms with E-state index in [1.54, 1.807) is 6.92 Å². The van der Waals surface area contributed by atoms with Crippen LogP contribution in [0.2, 0.25) is 0 Å². The van der Waals surface area contributed by atoms with Gasteiger partial charge in [-0.25, -0.2) is 4.79 Å². The molecule has 0 aromatic rings. The Hall–Kier alpha value is -1.16. The molecule has 1 N–H and O–H groups in total. The van der Waals surface area contributed by atoms with E-state index in [-0.39, 0.29) is 17.7 Å². The van der Waals surface area contributed by atoms with Crippen molar-refractivity contribution in [3.63, 3.8) is 0 Å². The third kappa shape index (κ3) is 2.12. The Labute approximate surface area is 113 Å². The van der Waals surface area contributed by atoms with Gasteiger partial charge in [-0.15, -0.1) is 0 Å². The molecule has 3 atom stereocenters. The summed E-state index contributed by atoms with van der Waals surface area (Å²) in [6.07, 6.45) is 2.70. The highest BCUT2D eigenvalue weighted by molar-refractivity contribution is 5.90. The van der Waals surface area contributed by atoms with Crippen molar-refractivity contribution in [3.05, 3.63) is 12.2 Å². The first-order chi connectivity index (χ1) is 8.84. The van der Waals surface area contributed by atoms with Gasteiger partial charge in [-0.05, 0) is 45.4 Å². The van der Waals surface area contributed by atoms with Crippen molar-refractivity contribution in [3.8, 4) is 0 Å². The standard InChI is InChI=1S/C15H22O4/c1-4-19-13(17)10(2)11-5-7-14(3)12(16)6-8-15(14,18)9-11/h11,18H,2,4-9H2,1,3H3/t11-,14-,15+/m1/s1. The zero-order chi connectivity index (χ0) is 14.3. The SMILES string of the molecule is C=C(C(=O)OCC)[C@@H]1CC[C@]2(C)C(=O)CC[C@]2(O)C1. The smallest absolute Gasteiger partial charge is 0.333 e. The summed E-state index contributed by atoms with van der Waals surface area (Å²) in [6.45, 7) is 7.75. The van der Waals surface area contributed by atoms with Crippen molar-refractivity contribution >= 4 is 11.8 Å². The second-order valence-electron chi connectivity index (χ2n) is 5.97. The zero-order valence-corrected chi connectivity index (χ0v) is 11.7. The molecule has 0 aromatic heterocycles. The Balaban J connectivity index is 2.13. The summed E-state index contributed by atoms with van der Waals surface area (Å²) >= 11 is 0. The molecular weight excluding hydrogens is 244 g/mol. The molecule has 2 rings (SSSR count). The molecule has 19 heavy (non-hydrogen) atoms. The van der Waals surface area contributed by atoms with Crippen molar-refractivity contribution in [2.24, 2.45) is 11.3 Å². The minimum Gasteiger partial charge on any atom is -0.463 e. The molecular formula is C15H22O4. The van der Waals surface area contributed by atoms with Crippen LogP contribution in [0.25, 0.3) is 0 Å². The Morgan fingerprint density at radius 2 is 2.21 bits per heavy atom. The van der Waals surface area contributed by atoms with Crippen LogP contribution in [0.4, 0.5) is 0 Å². The van der Waals surface area contributed by atoms with Crippen LogP contribution in [-0.2, 0) is 14.3 Å². The average molecular weight is 266 g/mol. The van der Waals surface area contributed by atoms with Crippen LogP contribution in [0.15, 0.2) is 12.2 Å². The maximum atomic E-state index is 12.0. The van der Waals surface area contributed by atoms with Crippen molar-refractivity contribution in [1.82, 2.24) is 0 Å². The molecule has 0 saturated heterocycles. The molecule has 2 saturated carbocycles. The molecule has 2 fully saturated rings. The fourth-order valence-corrected chi connectivity index (χ4v) is 3.49. The van der Waals surface area contributed by atoms with E-state index in [1.807, 2.05) is 6.92 Å². The molecule has 2 aliphatic rings. The molecule has 0 amide bonds. The molecule has 0 heterocycles. The number of hydrogen-bond donors (Lipinski definition) is 1. The first-order valence-corrected chi connectivity index (χ1v) is 6.95. The van der Waals surface area contributed by atoms with Gasteiger partial charge in [-0.1, -0.05) is 6.58 Å². The number of esters is 1. The normalized spacial score (nSPS) is 37.8. The third-order valence-electron chi connectivity index (χ3n) is 5.02. The number of rotatable bonds is 3. The van der Waals surface area contributed by atoms with E-state index in [9.17, 15) is 14.7 Å². The molecule has 0 bridgehead atoms. The summed E-state index contributed by atoms with van der Waals surface area (Å²) in [5.41, 5.74) is -1.20. The van der Waals surface area contributed by atoms with Crippen molar-refractivity contribution in [1.29, 1.82) is 0 Å². The van der Waals surface area contributed by atoms with Crippen molar-refractivity contribution in [2.75, 3.05) is 6.61 Å². The molecule has 0 aliphatic heterocycles.